The molecule has 0 aliphatic carbocycles. The lowest BCUT2D eigenvalue weighted by atomic mass is 9.81. The highest BCUT2D eigenvalue weighted by Gasteiger charge is 2.33. The lowest BCUT2D eigenvalue weighted by Crippen LogP contribution is -2.43. The van der Waals surface area contributed by atoms with Crippen molar-refractivity contribution < 1.29 is 4.74 Å². The van der Waals surface area contributed by atoms with Crippen LogP contribution in [0.15, 0.2) is 24.5 Å². The maximum atomic E-state index is 8.88. The standard InChI is InChI=1S/C16H23N3OS/c17-6-2-8-19(12-15-3-1-7-18-11-15)13-16(14-21)4-9-20-10-5-16/h1,3,7,11,21H,2,4-5,8-10,12-14H2. The molecule has 5 heteroatoms. The van der Waals surface area contributed by atoms with Crippen molar-refractivity contribution in [3.05, 3.63) is 30.1 Å². The lowest BCUT2D eigenvalue weighted by Gasteiger charge is -2.40. The molecular weight excluding hydrogens is 282 g/mol. The van der Waals surface area contributed by atoms with E-state index in [0.717, 1.165) is 51.4 Å². The number of hydrogen-bond acceptors (Lipinski definition) is 5. The fourth-order valence-corrected chi connectivity index (χ4v) is 3.23. The number of nitrogens with zero attached hydrogens (tertiary/aromatic N) is 3. The van der Waals surface area contributed by atoms with Gasteiger partial charge in [-0.25, -0.2) is 0 Å². The second kappa shape index (κ2) is 8.38. The first kappa shape index (κ1) is 16.3. The van der Waals surface area contributed by atoms with Crippen LogP contribution in [0.1, 0.15) is 24.8 Å². The van der Waals surface area contributed by atoms with Gasteiger partial charge >= 0.3 is 0 Å². The zero-order chi connectivity index (χ0) is 15.0. The average molecular weight is 305 g/mol. The minimum Gasteiger partial charge on any atom is -0.381 e. The molecule has 1 fully saturated rings. The Hall–Kier alpha value is -1.09. The summed E-state index contributed by atoms with van der Waals surface area (Å²) >= 11 is 4.58. The number of aromatic nitrogens is 1. The predicted octanol–water partition coefficient (Wildman–Crippen LogP) is 2.52. The second-order valence-corrected chi connectivity index (χ2v) is 6.07. The molecule has 0 N–H and O–H groups in total. The van der Waals surface area contributed by atoms with Crippen LogP contribution in [0.5, 0.6) is 0 Å². The van der Waals surface area contributed by atoms with Crippen molar-refractivity contribution in [1.29, 1.82) is 5.26 Å². The van der Waals surface area contributed by atoms with Crippen LogP contribution in [0.25, 0.3) is 0 Å². The highest BCUT2D eigenvalue weighted by Crippen LogP contribution is 2.33. The molecule has 1 aromatic rings. The summed E-state index contributed by atoms with van der Waals surface area (Å²) in [4.78, 5) is 6.54. The quantitative estimate of drug-likeness (QED) is 0.787. The average Bonchev–Trinajstić information content (AvgIpc) is 2.54. The van der Waals surface area contributed by atoms with Gasteiger partial charge in [0.1, 0.15) is 0 Å². The molecule has 1 aliphatic rings. The number of hydrogen-bond donors (Lipinski definition) is 1. The van der Waals surface area contributed by atoms with Crippen molar-refractivity contribution in [3.63, 3.8) is 0 Å². The summed E-state index contributed by atoms with van der Waals surface area (Å²) in [7, 11) is 0. The minimum absolute atomic E-state index is 0.207. The molecule has 0 unspecified atom stereocenters. The van der Waals surface area contributed by atoms with Crippen molar-refractivity contribution >= 4 is 12.6 Å². The number of rotatable bonds is 7. The fraction of sp³-hybridized carbons (Fsp3) is 0.625. The van der Waals surface area contributed by atoms with Gasteiger partial charge in [-0.1, -0.05) is 6.07 Å². The second-order valence-electron chi connectivity index (χ2n) is 5.75. The molecule has 0 aromatic carbocycles. The molecule has 0 bridgehead atoms. The Labute approximate surface area is 132 Å². The van der Waals surface area contributed by atoms with E-state index in [1.165, 1.54) is 5.56 Å². The van der Waals surface area contributed by atoms with E-state index in [1.54, 1.807) is 6.20 Å². The van der Waals surface area contributed by atoms with Gasteiger partial charge in [-0.2, -0.15) is 17.9 Å². The topological polar surface area (TPSA) is 49.2 Å². The van der Waals surface area contributed by atoms with E-state index in [9.17, 15) is 0 Å². The summed E-state index contributed by atoms with van der Waals surface area (Å²) < 4.78 is 5.49. The molecule has 0 spiro atoms. The number of thiol groups is 1. The van der Waals surface area contributed by atoms with Crippen LogP contribution < -0.4 is 0 Å². The highest BCUT2D eigenvalue weighted by molar-refractivity contribution is 7.80. The molecule has 1 saturated heterocycles. The molecular formula is C16H23N3OS. The zero-order valence-corrected chi connectivity index (χ0v) is 13.3. The molecule has 2 rings (SSSR count). The third kappa shape index (κ3) is 4.99. The first-order valence-corrected chi connectivity index (χ1v) is 8.08. The van der Waals surface area contributed by atoms with Crippen LogP contribution in [0, 0.1) is 16.7 Å². The first-order chi connectivity index (χ1) is 10.3. The van der Waals surface area contributed by atoms with Gasteiger partial charge in [0.15, 0.2) is 0 Å². The molecule has 114 valence electrons. The van der Waals surface area contributed by atoms with Crippen LogP contribution in [-0.4, -0.2) is 41.9 Å². The van der Waals surface area contributed by atoms with E-state index in [4.69, 9.17) is 10.00 Å². The molecule has 1 aliphatic heterocycles. The molecule has 0 atom stereocenters. The summed E-state index contributed by atoms with van der Waals surface area (Å²) in [6.07, 6.45) is 6.34. The van der Waals surface area contributed by atoms with E-state index in [2.05, 4.69) is 34.6 Å². The summed E-state index contributed by atoms with van der Waals surface area (Å²) in [5, 5.41) is 8.88. The summed E-state index contributed by atoms with van der Waals surface area (Å²) in [6.45, 7) is 4.24. The molecule has 0 saturated carbocycles. The van der Waals surface area contributed by atoms with Crippen molar-refractivity contribution in [2.24, 2.45) is 5.41 Å². The molecule has 4 nitrogen and oxygen atoms in total. The van der Waals surface area contributed by atoms with E-state index < -0.39 is 0 Å². The van der Waals surface area contributed by atoms with Crippen molar-refractivity contribution in [1.82, 2.24) is 9.88 Å². The SMILES string of the molecule is N#CCCN(Cc1cccnc1)CC1(CS)CCOCC1. The van der Waals surface area contributed by atoms with Crippen LogP contribution in [0.4, 0.5) is 0 Å². The van der Waals surface area contributed by atoms with Crippen molar-refractivity contribution in [2.45, 2.75) is 25.8 Å². The molecule has 0 radical (unpaired) electrons. The van der Waals surface area contributed by atoms with Crippen molar-refractivity contribution in [2.75, 3.05) is 32.1 Å². The van der Waals surface area contributed by atoms with Gasteiger partial charge in [-0.05, 0) is 35.6 Å². The molecule has 2 heterocycles. The van der Waals surface area contributed by atoms with E-state index in [-0.39, 0.29) is 5.41 Å². The zero-order valence-electron chi connectivity index (χ0n) is 12.4. The van der Waals surface area contributed by atoms with E-state index in [0.29, 0.717) is 6.42 Å². The first-order valence-electron chi connectivity index (χ1n) is 7.45. The van der Waals surface area contributed by atoms with Gasteiger partial charge in [0, 0.05) is 51.7 Å². The largest absolute Gasteiger partial charge is 0.381 e. The third-order valence-electron chi connectivity index (χ3n) is 4.12. The Bertz CT molecular complexity index is 454. The van der Waals surface area contributed by atoms with Gasteiger partial charge in [0.2, 0.25) is 0 Å². The summed E-state index contributed by atoms with van der Waals surface area (Å²) in [6, 6.07) is 6.30. The fourth-order valence-electron chi connectivity index (χ4n) is 2.82. The van der Waals surface area contributed by atoms with Crippen LogP contribution >= 0.6 is 12.6 Å². The normalized spacial score (nSPS) is 17.6. The van der Waals surface area contributed by atoms with Crippen LogP contribution in [-0.2, 0) is 11.3 Å². The maximum absolute atomic E-state index is 8.88. The molecule has 1 aromatic heterocycles. The number of nitriles is 1. The smallest absolute Gasteiger partial charge is 0.0635 e. The molecule has 21 heavy (non-hydrogen) atoms. The van der Waals surface area contributed by atoms with Gasteiger partial charge in [0.25, 0.3) is 0 Å². The lowest BCUT2D eigenvalue weighted by molar-refractivity contribution is 0.00666. The summed E-state index contributed by atoms with van der Waals surface area (Å²) in [5.41, 5.74) is 1.40. The Morgan fingerprint density at radius 3 is 2.86 bits per heavy atom. The van der Waals surface area contributed by atoms with Gasteiger partial charge in [0.05, 0.1) is 6.07 Å². The Balaban J connectivity index is 2.02. The predicted molar refractivity (Wildman–Crippen MR) is 86.1 cm³/mol. The molecule has 0 amide bonds. The van der Waals surface area contributed by atoms with E-state index >= 15 is 0 Å². The maximum Gasteiger partial charge on any atom is 0.0635 e. The van der Waals surface area contributed by atoms with Crippen LogP contribution in [0.2, 0.25) is 0 Å². The number of pyridine rings is 1. The highest BCUT2D eigenvalue weighted by atomic mass is 32.1. The van der Waals surface area contributed by atoms with Gasteiger partial charge in [-0.15, -0.1) is 0 Å². The Morgan fingerprint density at radius 2 is 2.24 bits per heavy atom. The van der Waals surface area contributed by atoms with Crippen molar-refractivity contribution in [3.8, 4) is 6.07 Å². The van der Waals surface area contributed by atoms with E-state index in [1.807, 2.05) is 12.3 Å². The monoisotopic (exact) mass is 305 g/mol. The van der Waals surface area contributed by atoms with Gasteiger partial charge < -0.3 is 4.74 Å². The van der Waals surface area contributed by atoms with Gasteiger partial charge in [-0.3, -0.25) is 9.88 Å². The minimum atomic E-state index is 0.207. The Kier molecular flexibility index (Phi) is 6.50. The number of ether oxygens (including phenoxy) is 1. The third-order valence-corrected chi connectivity index (χ3v) is 4.79. The Morgan fingerprint density at radius 1 is 1.43 bits per heavy atom. The van der Waals surface area contributed by atoms with Crippen LogP contribution in [0.3, 0.4) is 0 Å². The summed E-state index contributed by atoms with van der Waals surface area (Å²) in [5.74, 6) is 0.868.